The lowest BCUT2D eigenvalue weighted by Gasteiger charge is -2.26. The molecule has 2 amide bonds. The monoisotopic (exact) mass is 632 g/mol. The minimum atomic E-state index is -0.463. The van der Waals surface area contributed by atoms with Crippen molar-refractivity contribution in [2.24, 2.45) is 0 Å². The summed E-state index contributed by atoms with van der Waals surface area (Å²) >= 11 is 13.1. The summed E-state index contributed by atoms with van der Waals surface area (Å²) in [4.78, 5) is 45.9. The first-order valence-electron chi connectivity index (χ1n) is 13.2. The van der Waals surface area contributed by atoms with Crippen molar-refractivity contribution in [1.82, 2.24) is 30.2 Å². The van der Waals surface area contributed by atoms with Crippen LogP contribution in [0.15, 0.2) is 12.3 Å². The van der Waals surface area contributed by atoms with Crippen molar-refractivity contribution in [3.05, 3.63) is 45.0 Å². The van der Waals surface area contributed by atoms with Gasteiger partial charge in [0.15, 0.2) is 11.6 Å². The molecule has 16 heteroatoms. The highest BCUT2D eigenvalue weighted by Crippen LogP contribution is 2.45. The number of aromatic nitrogens is 4. The van der Waals surface area contributed by atoms with Crippen molar-refractivity contribution in [1.29, 1.82) is 0 Å². The number of carbonyl (C=O) groups excluding carboxylic acids is 2. The predicted molar refractivity (Wildman–Crippen MR) is 160 cm³/mol. The van der Waals surface area contributed by atoms with E-state index in [1.54, 1.807) is 18.3 Å². The second-order valence-electron chi connectivity index (χ2n) is 9.52. The van der Waals surface area contributed by atoms with Crippen molar-refractivity contribution in [2.75, 3.05) is 71.4 Å². The van der Waals surface area contributed by atoms with E-state index in [1.807, 2.05) is 0 Å². The Morgan fingerprint density at radius 1 is 1.14 bits per heavy atom. The Kier molecular flexibility index (Phi) is 9.20. The number of amides is 2. The molecule has 5 heterocycles. The fourth-order valence-corrected chi connectivity index (χ4v) is 5.37. The van der Waals surface area contributed by atoms with Crippen molar-refractivity contribution in [3.8, 4) is 17.4 Å². The van der Waals surface area contributed by atoms with Gasteiger partial charge in [0.2, 0.25) is 11.7 Å². The van der Waals surface area contributed by atoms with Gasteiger partial charge in [-0.3, -0.25) is 19.4 Å². The van der Waals surface area contributed by atoms with Gasteiger partial charge >= 0.3 is 0 Å². The number of aromatic amines is 1. The number of nitrogens with one attached hydrogen (secondary N) is 2. The lowest BCUT2D eigenvalue weighted by Crippen LogP contribution is -2.41. The fourth-order valence-electron chi connectivity index (χ4n) is 4.84. The largest absolute Gasteiger partial charge is 0.491 e. The van der Waals surface area contributed by atoms with Gasteiger partial charge in [-0.05, 0) is 12.1 Å². The molecule has 0 atom stereocenters. The van der Waals surface area contributed by atoms with Gasteiger partial charge in [0.25, 0.3) is 17.7 Å². The maximum absolute atomic E-state index is 13.8. The number of halogens is 2. The summed E-state index contributed by atoms with van der Waals surface area (Å²) in [5.41, 5.74) is 7.50. The minimum Gasteiger partial charge on any atom is -0.491 e. The molecule has 0 aromatic carbocycles. The standard InChI is InChI=1S/C27H30Cl2N8O6/c1-40-20-19(28)17(33-25(42-3)21(20)41-2)13-37-23-18(22(29)34-27(30)35-23)16(26(37)39)11-15-10-14(12-32-15)24(38)31-4-5-36-6-8-43-9-7-36/h10-12,32H,4-9,13H2,1-3H3,(H,31,38)(H2,30,34,35). The third kappa shape index (κ3) is 6.18. The van der Waals surface area contributed by atoms with E-state index in [0.29, 0.717) is 31.0 Å². The van der Waals surface area contributed by atoms with Gasteiger partial charge in [0.05, 0.1) is 63.5 Å². The molecule has 3 aromatic rings. The number of carbonyl (C=O) groups is 2. The van der Waals surface area contributed by atoms with E-state index in [4.69, 9.17) is 47.9 Å². The first-order valence-corrected chi connectivity index (χ1v) is 14.0. The normalized spacial score (nSPS) is 16.0. The average Bonchev–Trinajstić information content (AvgIpc) is 3.57. The summed E-state index contributed by atoms with van der Waals surface area (Å²) in [6, 6.07) is 1.64. The SMILES string of the molecule is COc1nc(CN2C(=O)C(=Cc3cc(C(=O)NCCN4CCOCC4)c[nH]3)c3c(Cl)nc(N)nc32)c(Cl)c(OC)c1OC. The third-order valence-corrected chi connectivity index (χ3v) is 7.61. The summed E-state index contributed by atoms with van der Waals surface area (Å²) in [6.07, 6.45) is 3.14. The molecule has 1 fully saturated rings. The first-order chi connectivity index (χ1) is 20.7. The van der Waals surface area contributed by atoms with Crippen LogP contribution in [-0.2, 0) is 16.1 Å². The zero-order valence-corrected chi connectivity index (χ0v) is 25.2. The van der Waals surface area contributed by atoms with Crippen LogP contribution in [0.25, 0.3) is 11.6 Å². The molecular weight excluding hydrogens is 603 g/mol. The molecule has 0 unspecified atom stereocenters. The highest BCUT2D eigenvalue weighted by Gasteiger charge is 2.38. The van der Waals surface area contributed by atoms with Crippen LogP contribution in [0.1, 0.15) is 27.3 Å². The molecule has 0 radical (unpaired) electrons. The number of methoxy groups -OCH3 is 3. The molecule has 1 saturated heterocycles. The predicted octanol–water partition coefficient (Wildman–Crippen LogP) is 2.26. The number of hydrogen-bond donors (Lipinski definition) is 3. The second kappa shape index (κ2) is 13.0. The highest BCUT2D eigenvalue weighted by molar-refractivity contribution is 6.41. The summed E-state index contributed by atoms with van der Waals surface area (Å²) in [5.74, 6) is -0.147. The number of rotatable bonds is 10. The Balaban J connectivity index is 1.41. The smallest absolute Gasteiger partial charge is 0.261 e. The Hall–Kier alpha value is -4.11. The molecule has 0 saturated carbocycles. The number of anilines is 2. The zero-order chi connectivity index (χ0) is 30.7. The molecule has 5 rings (SSSR count). The maximum Gasteiger partial charge on any atom is 0.261 e. The number of hydrogen-bond acceptors (Lipinski definition) is 11. The van der Waals surface area contributed by atoms with E-state index in [0.717, 1.165) is 19.6 Å². The molecule has 0 bridgehead atoms. The quantitative estimate of drug-likeness (QED) is 0.221. The Morgan fingerprint density at radius 2 is 1.88 bits per heavy atom. The summed E-state index contributed by atoms with van der Waals surface area (Å²) in [6.45, 7) is 4.14. The lowest BCUT2D eigenvalue weighted by atomic mass is 10.1. The van der Waals surface area contributed by atoms with Crippen molar-refractivity contribution >= 4 is 58.4 Å². The van der Waals surface area contributed by atoms with Crippen LogP contribution in [0, 0.1) is 0 Å². The second-order valence-corrected chi connectivity index (χ2v) is 10.3. The van der Waals surface area contributed by atoms with E-state index >= 15 is 0 Å². The van der Waals surface area contributed by atoms with E-state index in [2.05, 4.69) is 30.2 Å². The first kappa shape index (κ1) is 30.4. The number of morpholine rings is 1. The van der Waals surface area contributed by atoms with Crippen LogP contribution < -0.4 is 30.2 Å². The van der Waals surface area contributed by atoms with E-state index < -0.39 is 5.91 Å². The van der Waals surface area contributed by atoms with E-state index in [9.17, 15) is 9.59 Å². The lowest BCUT2D eigenvalue weighted by molar-refractivity contribution is -0.113. The molecule has 2 aliphatic rings. The van der Waals surface area contributed by atoms with Crippen LogP contribution in [0.4, 0.5) is 11.8 Å². The van der Waals surface area contributed by atoms with Crippen molar-refractivity contribution in [2.45, 2.75) is 6.54 Å². The molecule has 43 heavy (non-hydrogen) atoms. The Labute approximate surface area is 257 Å². The number of fused-ring (bicyclic) bond motifs is 1. The number of H-pyrrole nitrogens is 1. The van der Waals surface area contributed by atoms with Crippen LogP contribution >= 0.6 is 23.2 Å². The summed E-state index contributed by atoms with van der Waals surface area (Å²) < 4.78 is 21.5. The molecule has 228 valence electrons. The Bertz CT molecular complexity index is 1570. The fraction of sp³-hybridized carbons (Fsp3) is 0.370. The number of nitrogen functional groups attached to an aromatic ring is 1. The van der Waals surface area contributed by atoms with Gasteiger partial charge in [-0.25, -0.2) is 9.97 Å². The maximum atomic E-state index is 13.8. The number of pyridine rings is 1. The Morgan fingerprint density at radius 3 is 2.58 bits per heavy atom. The van der Waals surface area contributed by atoms with Gasteiger partial charge in [0.1, 0.15) is 10.2 Å². The molecule has 2 aliphatic heterocycles. The van der Waals surface area contributed by atoms with Gasteiger partial charge in [0, 0.05) is 38.1 Å². The number of nitrogens with zero attached hydrogens (tertiary/aromatic N) is 5. The van der Waals surface area contributed by atoms with E-state index in [1.165, 1.54) is 26.2 Å². The number of nitrogens with two attached hydrogens (primary N) is 1. The molecule has 4 N–H and O–H groups in total. The number of ether oxygens (including phenoxy) is 4. The van der Waals surface area contributed by atoms with Crippen molar-refractivity contribution in [3.63, 3.8) is 0 Å². The van der Waals surface area contributed by atoms with Crippen LogP contribution in [-0.4, -0.2) is 97.4 Å². The molecule has 14 nitrogen and oxygen atoms in total. The van der Waals surface area contributed by atoms with Gasteiger partial charge in [-0.1, -0.05) is 23.2 Å². The van der Waals surface area contributed by atoms with Gasteiger partial charge < -0.3 is 35.0 Å². The van der Waals surface area contributed by atoms with Gasteiger partial charge in [-0.2, -0.15) is 4.98 Å². The molecule has 0 spiro atoms. The van der Waals surface area contributed by atoms with Gasteiger partial charge in [-0.15, -0.1) is 0 Å². The molecule has 3 aromatic heterocycles. The minimum absolute atomic E-state index is 0.0128. The van der Waals surface area contributed by atoms with Crippen molar-refractivity contribution < 1.29 is 28.5 Å². The van der Waals surface area contributed by atoms with Crippen LogP contribution in [0.3, 0.4) is 0 Å². The van der Waals surface area contributed by atoms with E-state index in [-0.39, 0.29) is 68.6 Å². The summed E-state index contributed by atoms with van der Waals surface area (Å²) in [7, 11) is 4.27. The average molecular weight is 633 g/mol. The van der Waals surface area contributed by atoms with Crippen LogP contribution in [0.2, 0.25) is 10.2 Å². The highest BCUT2D eigenvalue weighted by atomic mass is 35.5. The topological polar surface area (TPSA) is 170 Å². The third-order valence-electron chi connectivity index (χ3n) is 6.95. The molecular formula is C27H30Cl2N8O6. The zero-order valence-electron chi connectivity index (χ0n) is 23.7. The molecule has 0 aliphatic carbocycles. The van der Waals surface area contributed by atoms with Crippen LogP contribution in [0.5, 0.6) is 17.4 Å². The summed E-state index contributed by atoms with van der Waals surface area (Å²) in [5, 5.41) is 3.02.